The van der Waals surface area contributed by atoms with Crippen LogP contribution >= 0.6 is 0 Å². The molecule has 0 radical (unpaired) electrons. The van der Waals surface area contributed by atoms with Gasteiger partial charge in [0, 0.05) is 35.6 Å². The second kappa shape index (κ2) is 9.54. The molecule has 4 aromatic heterocycles. The number of carbonyl (C=O) groups is 1. The number of pyridine rings is 3. The number of fused-ring (bicyclic) bond motifs is 2. The average Bonchev–Trinajstić information content (AvgIpc) is 3.32. The minimum atomic E-state index is -0.776. The molecule has 6 rings (SSSR count). The molecule has 0 atom stereocenters. The number of carbonyl (C=O) groups excluding carboxylic acids is 1. The molecule has 37 heavy (non-hydrogen) atoms. The molecule has 0 fully saturated rings. The first-order valence-electron chi connectivity index (χ1n) is 11.8. The smallest absolute Gasteiger partial charge is 0.437 e. The fourth-order valence-electron chi connectivity index (χ4n) is 4.53. The van der Waals surface area contributed by atoms with Gasteiger partial charge in [-0.3, -0.25) is 9.97 Å². The van der Waals surface area contributed by atoms with Gasteiger partial charge < -0.3 is 9.47 Å². The van der Waals surface area contributed by atoms with E-state index in [1.54, 1.807) is 24.5 Å². The van der Waals surface area contributed by atoms with Crippen molar-refractivity contribution in [3.05, 3.63) is 115 Å². The summed E-state index contributed by atoms with van der Waals surface area (Å²) in [6.07, 6.45) is 5.55. The molecule has 0 saturated heterocycles. The molecule has 0 spiro atoms. The van der Waals surface area contributed by atoms with E-state index in [0.717, 1.165) is 39.8 Å². The summed E-state index contributed by atoms with van der Waals surface area (Å²) in [6.45, 7) is 0. The standard InChI is InChI=1S/C30H22N4O3/c1-36-30(35)37-22-10-11-23-24(12-15-32-26(23)19-22)28-27-18-21(17-20-7-3-2-4-8-20)13-16-34(27)33-29(28)25-9-5-6-14-31-25/h2-16,18-19H,17H2,1H3. The van der Waals surface area contributed by atoms with Crippen LogP contribution in [0.1, 0.15) is 11.1 Å². The van der Waals surface area contributed by atoms with Crippen molar-refractivity contribution < 1.29 is 14.3 Å². The Morgan fingerprint density at radius 1 is 0.865 bits per heavy atom. The van der Waals surface area contributed by atoms with Gasteiger partial charge in [0.15, 0.2) is 0 Å². The number of nitrogens with zero attached hydrogens (tertiary/aromatic N) is 4. The third-order valence-corrected chi connectivity index (χ3v) is 6.21. The van der Waals surface area contributed by atoms with E-state index < -0.39 is 6.16 Å². The van der Waals surface area contributed by atoms with E-state index in [9.17, 15) is 4.79 Å². The van der Waals surface area contributed by atoms with E-state index in [1.807, 2.05) is 47.1 Å². The van der Waals surface area contributed by atoms with Crippen LogP contribution in [0.5, 0.6) is 5.75 Å². The zero-order valence-corrected chi connectivity index (χ0v) is 20.0. The van der Waals surface area contributed by atoms with Crippen LogP contribution in [0.2, 0.25) is 0 Å². The number of rotatable bonds is 5. The normalized spacial score (nSPS) is 11.1. The zero-order valence-electron chi connectivity index (χ0n) is 20.0. The van der Waals surface area contributed by atoms with E-state index in [0.29, 0.717) is 11.3 Å². The lowest BCUT2D eigenvalue weighted by Gasteiger charge is -2.10. The Kier molecular flexibility index (Phi) is 5.78. The van der Waals surface area contributed by atoms with Gasteiger partial charge in [0.1, 0.15) is 11.4 Å². The van der Waals surface area contributed by atoms with Crippen LogP contribution in [0, 0.1) is 0 Å². The Hall–Kier alpha value is -5.04. The zero-order chi connectivity index (χ0) is 25.2. The van der Waals surface area contributed by atoms with Crippen molar-refractivity contribution in [1.29, 1.82) is 0 Å². The Morgan fingerprint density at radius 3 is 2.54 bits per heavy atom. The summed E-state index contributed by atoms with van der Waals surface area (Å²) in [7, 11) is 1.27. The van der Waals surface area contributed by atoms with Gasteiger partial charge in [-0.05, 0) is 65.6 Å². The molecule has 7 nitrogen and oxygen atoms in total. The summed E-state index contributed by atoms with van der Waals surface area (Å²) in [6, 6.07) is 27.8. The van der Waals surface area contributed by atoms with Crippen molar-refractivity contribution in [2.45, 2.75) is 6.42 Å². The van der Waals surface area contributed by atoms with Gasteiger partial charge in [0.05, 0.1) is 23.8 Å². The van der Waals surface area contributed by atoms with Gasteiger partial charge in [0.25, 0.3) is 0 Å². The fourth-order valence-corrected chi connectivity index (χ4v) is 4.53. The Morgan fingerprint density at radius 2 is 1.73 bits per heavy atom. The molecular formula is C30H22N4O3. The Labute approximate surface area is 213 Å². The molecule has 0 aliphatic carbocycles. The van der Waals surface area contributed by atoms with Gasteiger partial charge >= 0.3 is 6.16 Å². The largest absolute Gasteiger partial charge is 0.513 e. The first kappa shape index (κ1) is 22.4. The highest BCUT2D eigenvalue weighted by Crippen LogP contribution is 2.38. The van der Waals surface area contributed by atoms with Gasteiger partial charge in [0.2, 0.25) is 0 Å². The minimum Gasteiger partial charge on any atom is -0.437 e. The molecule has 4 heterocycles. The van der Waals surface area contributed by atoms with Crippen LogP contribution in [0.3, 0.4) is 0 Å². The number of aromatic nitrogens is 4. The molecule has 6 aromatic rings. The van der Waals surface area contributed by atoms with Crippen molar-refractivity contribution >= 4 is 22.6 Å². The topological polar surface area (TPSA) is 78.6 Å². The lowest BCUT2D eigenvalue weighted by Crippen LogP contribution is -2.07. The van der Waals surface area contributed by atoms with Crippen molar-refractivity contribution in [3.63, 3.8) is 0 Å². The van der Waals surface area contributed by atoms with E-state index >= 15 is 0 Å². The summed E-state index contributed by atoms with van der Waals surface area (Å²) in [4.78, 5) is 20.7. The molecule has 0 N–H and O–H groups in total. The summed E-state index contributed by atoms with van der Waals surface area (Å²) < 4.78 is 11.7. The maximum atomic E-state index is 11.6. The number of hydrogen-bond acceptors (Lipinski definition) is 6. The first-order valence-corrected chi connectivity index (χ1v) is 11.8. The van der Waals surface area contributed by atoms with Crippen LogP contribution < -0.4 is 4.74 Å². The molecule has 0 aliphatic rings. The molecule has 0 amide bonds. The Bertz CT molecular complexity index is 1730. The highest BCUT2D eigenvalue weighted by molar-refractivity contribution is 6.03. The Balaban J connectivity index is 1.55. The fraction of sp³-hybridized carbons (Fsp3) is 0.0667. The maximum Gasteiger partial charge on any atom is 0.513 e. The predicted molar refractivity (Wildman–Crippen MR) is 141 cm³/mol. The second-order valence-electron chi connectivity index (χ2n) is 8.56. The summed E-state index contributed by atoms with van der Waals surface area (Å²) in [5.74, 6) is 0.360. The maximum absolute atomic E-state index is 11.6. The number of hydrogen-bond donors (Lipinski definition) is 0. The molecule has 180 valence electrons. The van der Waals surface area contributed by atoms with E-state index in [-0.39, 0.29) is 0 Å². The average molecular weight is 487 g/mol. The molecule has 0 unspecified atom stereocenters. The van der Waals surface area contributed by atoms with Crippen LogP contribution in [0.25, 0.3) is 38.9 Å². The predicted octanol–water partition coefficient (Wildman–Crippen LogP) is 6.35. The number of ether oxygens (including phenoxy) is 2. The van der Waals surface area contributed by atoms with Crippen molar-refractivity contribution in [2.24, 2.45) is 0 Å². The molecular weight excluding hydrogens is 464 g/mol. The third kappa shape index (κ3) is 4.38. The second-order valence-corrected chi connectivity index (χ2v) is 8.56. The highest BCUT2D eigenvalue weighted by Gasteiger charge is 2.20. The van der Waals surface area contributed by atoms with Crippen LogP contribution in [-0.4, -0.2) is 32.8 Å². The van der Waals surface area contributed by atoms with E-state index in [2.05, 4.69) is 51.1 Å². The molecule has 0 aliphatic heterocycles. The van der Waals surface area contributed by atoms with Crippen molar-refractivity contribution in [1.82, 2.24) is 19.6 Å². The lowest BCUT2D eigenvalue weighted by molar-refractivity contribution is 0.121. The monoisotopic (exact) mass is 486 g/mol. The summed E-state index contributed by atoms with van der Waals surface area (Å²) >= 11 is 0. The van der Waals surface area contributed by atoms with Gasteiger partial charge in [-0.2, -0.15) is 5.10 Å². The molecule has 0 saturated carbocycles. The van der Waals surface area contributed by atoms with Crippen LogP contribution in [-0.2, 0) is 11.2 Å². The van der Waals surface area contributed by atoms with E-state index in [4.69, 9.17) is 9.84 Å². The summed E-state index contributed by atoms with van der Waals surface area (Å²) in [5, 5.41) is 5.83. The van der Waals surface area contributed by atoms with E-state index in [1.165, 1.54) is 18.2 Å². The first-order chi connectivity index (χ1) is 18.2. The lowest BCUT2D eigenvalue weighted by atomic mass is 9.97. The molecule has 7 heteroatoms. The third-order valence-electron chi connectivity index (χ3n) is 6.21. The van der Waals surface area contributed by atoms with Crippen molar-refractivity contribution in [3.8, 4) is 28.3 Å². The van der Waals surface area contributed by atoms with Crippen molar-refractivity contribution in [2.75, 3.05) is 7.11 Å². The van der Waals surface area contributed by atoms with Gasteiger partial charge in [-0.1, -0.05) is 36.4 Å². The van der Waals surface area contributed by atoms with Gasteiger partial charge in [-0.25, -0.2) is 9.31 Å². The minimum absolute atomic E-state index is 0.360. The van der Waals surface area contributed by atoms with Crippen LogP contribution in [0.4, 0.5) is 4.79 Å². The quantitative estimate of drug-likeness (QED) is 0.209. The number of methoxy groups -OCH3 is 1. The van der Waals surface area contributed by atoms with Crippen LogP contribution in [0.15, 0.2) is 104 Å². The summed E-state index contributed by atoms with van der Waals surface area (Å²) in [5.41, 5.74) is 7.55. The molecule has 0 bridgehead atoms. The SMILES string of the molecule is COC(=O)Oc1ccc2c(-c3c(-c4ccccn4)nn4ccc(Cc5ccccc5)cc34)ccnc2c1. The number of benzene rings is 2. The molecule has 2 aromatic carbocycles. The van der Waals surface area contributed by atoms with Gasteiger partial charge in [-0.15, -0.1) is 0 Å². The highest BCUT2D eigenvalue weighted by atomic mass is 16.7.